The van der Waals surface area contributed by atoms with Crippen LogP contribution in [-0.2, 0) is 11.2 Å². The van der Waals surface area contributed by atoms with Crippen molar-refractivity contribution in [2.24, 2.45) is 5.41 Å². The fourth-order valence-corrected chi connectivity index (χ4v) is 4.63. The van der Waals surface area contributed by atoms with Gasteiger partial charge in [-0.05, 0) is 43.4 Å². The second-order valence-corrected chi connectivity index (χ2v) is 8.31. The first-order chi connectivity index (χ1) is 13.1. The van der Waals surface area contributed by atoms with Gasteiger partial charge in [-0.2, -0.15) is 0 Å². The number of aromatic nitrogens is 1. The van der Waals surface area contributed by atoms with Gasteiger partial charge in [0.05, 0.1) is 12.1 Å². The molecular weight excluding hydrogens is 431 g/mol. The number of carbonyl (C=O) groups is 2. The maximum absolute atomic E-state index is 12.6. The summed E-state index contributed by atoms with van der Waals surface area (Å²) in [5.41, 5.74) is 1.72. The molecule has 158 valence electrons. The molecule has 0 aliphatic carbocycles. The summed E-state index contributed by atoms with van der Waals surface area (Å²) in [5.74, 6) is -0.0589. The van der Waals surface area contributed by atoms with E-state index in [0.29, 0.717) is 22.5 Å². The van der Waals surface area contributed by atoms with Gasteiger partial charge in [-0.25, -0.2) is 4.98 Å². The van der Waals surface area contributed by atoms with Gasteiger partial charge in [0.25, 0.3) is 5.91 Å². The number of thiazole rings is 1. The van der Waals surface area contributed by atoms with Gasteiger partial charge < -0.3 is 10.2 Å². The molecule has 9 heteroatoms. The Hall–Kier alpha value is -1.67. The number of piperidine rings is 1. The molecule has 2 amide bonds. The summed E-state index contributed by atoms with van der Waals surface area (Å²) in [5, 5.41) is 8.63. The third-order valence-electron chi connectivity index (χ3n) is 5.65. The number of anilines is 1. The Kier molecular flexibility index (Phi) is 8.46. The van der Waals surface area contributed by atoms with Crippen molar-refractivity contribution in [3.8, 4) is 0 Å². The number of rotatable bonds is 4. The minimum absolute atomic E-state index is 0. The van der Waals surface area contributed by atoms with E-state index in [1.165, 1.54) is 17.8 Å². The summed E-state index contributed by atoms with van der Waals surface area (Å²) in [6.45, 7) is 3.86. The van der Waals surface area contributed by atoms with Crippen molar-refractivity contribution in [3.05, 3.63) is 47.0 Å². The number of amides is 2. The summed E-state index contributed by atoms with van der Waals surface area (Å²) >= 11 is 1.35. The zero-order valence-corrected chi connectivity index (χ0v) is 18.5. The predicted octanol–water partition coefficient (Wildman–Crippen LogP) is 3.38. The highest BCUT2D eigenvalue weighted by Gasteiger charge is 2.38. The number of likely N-dealkylation sites (tertiary alicyclic amines) is 1. The van der Waals surface area contributed by atoms with Crippen LogP contribution in [0.3, 0.4) is 0 Å². The molecule has 0 unspecified atom stereocenters. The Labute approximate surface area is 187 Å². The second kappa shape index (κ2) is 10.4. The van der Waals surface area contributed by atoms with E-state index >= 15 is 0 Å². The number of hydrogen-bond donors (Lipinski definition) is 2. The maximum Gasteiger partial charge on any atom is 0.257 e. The van der Waals surface area contributed by atoms with Crippen molar-refractivity contribution in [1.82, 2.24) is 15.2 Å². The van der Waals surface area contributed by atoms with Gasteiger partial charge in [0.2, 0.25) is 5.91 Å². The number of nitrogens with zero attached hydrogens (tertiary/aromatic N) is 2. The molecule has 2 aromatic rings. The van der Waals surface area contributed by atoms with Gasteiger partial charge in [-0.1, -0.05) is 18.2 Å². The first kappa shape index (κ1) is 23.6. The third-order valence-corrected chi connectivity index (χ3v) is 6.46. The number of carbonyl (C=O) groups excluding carboxylic acids is 2. The lowest BCUT2D eigenvalue weighted by molar-refractivity contribution is -0.132. The van der Waals surface area contributed by atoms with E-state index in [-0.39, 0.29) is 36.6 Å². The molecule has 1 aromatic heterocycles. The van der Waals surface area contributed by atoms with Gasteiger partial charge in [0.15, 0.2) is 5.13 Å². The van der Waals surface area contributed by atoms with Crippen molar-refractivity contribution in [1.29, 1.82) is 0 Å². The highest BCUT2D eigenvalue weighted by Crippen LogP contribution is 2.37. The molecule has 1 spiro atoms. The molecule has 2 aliphatic rings. The van der Waals surface area contributed by atoms with E-state index in [0.717, 1.165) is 44.7 Å². The van der Waals surface area contributed by atoms with Crippen molar-refractivity contribution < 1.29 is 9.59 Å². The quantitative estimate of drug-likeness (QED) is 0.739. The van der Waals surface area contributed by atoms with Crippen LogP contribution in [0.5, 0.6) is 0 Å². The van der Waals surface area contributed by atoms with Crippen LogP contribution in [-0.4, -0.2) is 47.9 Å². The van der Waals surface area contributed by atoms with Crippen LogP contribution in [0.2, 0.25) is 0 Å². The predicted molar refractivity (Wildman–Crippen MR) is 120 cm³/mol. The molecular formula is C20H26Cl2N4O2S. The molecule has 6 nitrogen and oxygen atoms in total. The molecule has 2 N–H and O–H groups in total. The molecule has 2 saturated heterocycles. The van der Waals surface area contributed by atoms with Crippen LogP contribution in [0, 0.1) is 5.41 Å². The molecule has 29 heavy (non-hydrogen) atoms. The fraction of sp³-hybridized carbons (Fsp3) is 0.450. The molecule has 2 aliphatic heterocycles. The molecule has 0 bridgehead atoms. The van der Waals surface area contributed by atoms with Gasteiger partial charge in [-0.3, -0.25) is 14.9 Å². The second-order valence-electron chi connectivity index (χ2n) is 7.45. The van der Waals surface area contributed by atoms with Crippen LogP contribution in [0.1, 0.15) is 35.3 Å². The maximum atomic E-state index is 12.6. The smallest absolute Gasteiger partial charge is 0.257 e. The molecule has 0 radical (unpaired) electrons. The van der Waals surface area contributed by atoms with E-state index in [1.54, 1.807) is 12.1 Å². The number of benzene rings is 1. The van der Waals surface area contributed by atoms with Gasteiger partial charge in [0.1, 0.15) is 0 Å². The zero-order valence-electron chi connectivity index (χ0n) is 16.1. The first-order valence-electron chi connectivity index (χ1n) is 9.43. The Morgan fingerprint density at radius 2 is 1.86 bits per heavy atom. The summed E-state index contributed by atoms with van der Waals surface area (Å²) in [6, 6.07) is 9.04. The monoisotopic (exact) mass is 456 g/mol. The Morgan fingerprint density at radius 1 is 1.14 bits per heavy atom. The molecule has 0 saturated carbocycles. The van der Waals surface area contributed by atoms with E-state index in [2.05, 4.69) is 15.6 Å². The fourth-order valence-electron chi connectivity index (χ4n) is 3.92. The largest absolute Gasteiger partial charge is 0.342 e. The molecule has 2 fully saturated rings. The van der Waals surface area contributed by atoms with Crippen LogP contribution < -0.4 is 10.6 Å². The Balaban J connectivity index is 0.00000150. The minimum Gasteiger partial charge on any atom is -0.342 e. The highest BCUT2D eigenvalue weighted by atomic mass is 35.5. The Bertz CT molecular complexity index is 815. The lowest BCUT2D eigenvalue weighted by Crippen LogP contribution is -2.44. The summed E-state index contributed by atoms with van der Waals surface area (Å²) in [4.78, 5) is 31.2. The topological polar surface area (TPSA) is 74.3 Å². The van der Waals surface area contributed by atoms with Crippen LogP contribution in [0.15, 0.2) is 35.7 Å². The molecule has 4 rings (SSSR count). The summed E-state index contributed by atoms with van der Waals surface area (Å²) in [7, 11) is 0. The van der Waals surface area contributed by atoms with Crippen molar-refractivity contribution in [2.45, 2.75) is 25.7 Å². The number of hydrogen-bond acceptors (Lipinski definition) is 5. The SMILES string of the molecule is Cl.Cl.O=C(Nc1nc(CC(=O)N2CCC3(CCNC3)CC2)cs1)c1ccccc1. The minimum atomic E-state index is -0.186. The lowest BCUT2D eigenvalue weighted by Gasteiger charge is -2.38. The summed E-state index contributed by atoms with van der Waals surface area (Å²) in [6.07, 6.45) is 3.69. The lowest BCUT2D eigenvalue weighted by atomic mass is 9.78. The Morgan fingerprint density at radius 3 is 2.52 bits per heavy atom. The van der Waals surface area contributed by atoms with Gasteiger partial charge in [-0.15, -0.1) is 36.2 Å². The van der Waals surface area contributed by atoms with Gasteiger partial charge in [0, 0.05) is 30.6 Å². The van der Waals surface area contributed by atoms with Crippen molar-refractivity contribution in [2.75, 3.05) is 31.5 Å². The third kappa shape index (κ3) is 5.69. The van der Waals surface area contributed by atoms with Crippen LogP contribution in [0.4, 0.5) is 5.13 Å². The average molecular weight is 457 g/mol. The molecule has 1 aromatic carbocycles. The van der Waals surface area contributed by atoms with E-state index in [9.17, 15) is 9.59 Å². The van der Waals surface area contributed by atoms with Gasteiger partial charge >= 0.3 is 0 Å². The summed E-state index contributed by atoms with van der Waals surface area (Å²) < 4.78 is 0. The van der Waals surface area contributed by atoms with E-state index in [4.69, 9.17) is 0 Å². The molecule has 0 atom stereocenters. The van der Waals surface area contributed by atoms with Crippen molar-refractivity contribution in [3.63, 3.8) is 0 Å². The first-order valence-corrected chi connectivity index (χ1v) is 10.3. The highest BCUT2D eigenvalue weighted by molar-refractivity contribution is 7.14. The zero-order chi connectivity index (χ0) is 18.7. The van der Waals surface area contributed by atoms with E-state index in [1.807, 2.05) is 28.5 Å². The standard InChI is InChI=1S/C20H24N4O2S.2ClH/c25-17(24-10-7-20(8-11-24)6-9-21-14-20)12-16-13-27-19(22-16)23-18(26)15-4-2-1-3-5-15;;/h1-5,13,21H,6-12,14H2,(H,22,23,26);2*1H. The number of halogens is 2. The number of nitrogens with one attached hydrogen (secondary N) is 2. The average Bonchev–Trinajstić information content (AvgIpc) is 3.33. The van der Waals surface area contributed by atoms with Crippen LogP contribution in [0.25, 0.3) is 0 Å². The van der Waals surface area contributed by atoms with Crippen molar-refractivity contribution >= 4 is 53.1 Å². The molecule has 3 heterocycles. The normalized spacial score (nSPS) is 17.3. The van der Waals surface area contributed by atoms with E-state index < -0.39 is 0 Å². The van der Waals surface area contributed by atoms with Crippen LogP contribution >= 0.6 is 36.2 Å².